The van der Waals surface area contributed by atoms with Gasteiger partial charge in [-0.1, -0.05) is 0 Å². The number of hydrogen-bond donors (Lipinski definition) is 1. The van der Waals surface area contributed by atoms with Crippen LogP contribution in [0.2, 0.25) is 0 Å². The minimum Gasteiger partial charge on any atom is -0.463 e. The average Bonchev–Trinajstić information content (AvgIpc) is 0.761. The lowest BCUT2D eigenvalue weighted by atomic mass is 9.94. The van der Waals surface area contributed by atoms with Gasteiger partial charge in [-0.15, -0.1) is 0 Å². The van der Waals surface area contributed by atoms with Crippen molar-refractivity contribution in [3.63, 3.8) is 0 Å². The Morgan fingerprint density at radius 2 is 0.356 bits per heavy atom. The van der Waals surface area contributed by atoms with Crippen LogP contribution >= 0.6 is 0 Å². The van der Waals surface area contributed by atoms with Gasteiger partial charge in [0.2, 0.25) is 0 Å². The summed E-state index contributed by atoms with van der Waals surface area (Å²) < 4.78 is 146. The highest BCUT2D eigenvalue weighted by atomic mass is 16.8. The smallest absolute Gasteiger partial charge is 0.303 e. The lowest BCUT2D eigenvalue weighted by Gasteiger charge is -2.51. The predicted molar refractivity (Wildman–Crippen MR) is 319 cm³/mol. The van der Waals surface area contributed by atoms with Crippen molar-refractivity contribution in [3.05, 3.63) is 0 Å². The first-order chi connectivity index (χ1) is 48.6. The molecular weight excluding hydrogens is 1420 g/mol. The number of ether oxygens (including phenoxy) is 25. The fourth-order valence-corrected chi connectivity index (χ4v) is 11.3. The molecule has 0 amide bonds. The van der Waals surface area contributed by atoms with E-state index < -0.39 is 282 Å². The molecule has 0 aromatic heterocycles. The molecule has 0 saturated carbocycles. The summed E-state index contributed by atoms with van der Waals surface area (Å²) in [5, 5.41) is 11.1. The van der Waals surface area contributed by atoms with Crippen LogP contribution in [0.4, 0.5) is 0 Å². The van der Waals surface area contributed by atoms with Crippen LogP contribution in [0.15, 0.2) is 0 Å². The molecule has 1 unspecified atom stereocenters. The standard InChI is InChI=1S/C62H84O42/c1-22(63)80-17-38-44(48(86-28(7)69)53(58(79)96-38)91-33(12)74)101-60-55(93-35(14)76)50(88-30(9)71)46(40(98-60)19-82-24(3)65)103-62-57(95-37(16)78)52(90-32(11)73)47(42(100-62)21-84-26(5)67)104-61-56(94-36(15)77)51(89-31(10)72)45(41(99-61)20-83-25(4)66)102-59-54(92-34(13)75)49(87-29(8)70)43(85-27(6)68)39(97-59)18-81-23(2)64/h38-62,79H,17-21H2,1-16H3/t38-,39-,40-,41-,42-,43+,44-,45-,46-,47-,48+,49+,50+,51+,52+,53-,54-,55-,56-,57-,58?,59+,60-,61-,62-/m1/s1. The highest BCUT2D eigenvalue weighted by Crippen LogP contribution is 2.41. The van der Waals surface area contributed by atoms with E-state index in [9.17, 15) is 81.8 Å². The van der Waals surface area contributed by atoms with Crippen molar-refractivity contribution < 1.29 is 200 Å². The van der Waals surface area contributed by atoms with Gasteiger partial charge in [-0.3, -0.25) is 76.7 Å². The summed E-state index contributed by atoms with van der Waals surface area (Å²) in [6.07, 6.45) is -51.3. The second-order valence-corrected chi connectivity index (χ2v) is 23.5. The monoisotopic (exact) mass is 1500 g/mol. The Bertz CT molecular complexity index is 3110. The quantitative estimate of drug-likeness (QED) is 0.0584. The maximum Gasteiger partial charge on any atom is 0.303 e. The van der Waals surface area contributed by atoms with E-state index in [0.717, 1.165) is 111 Å². The topological polar surface area (TPSA) is 524 Å². The van der Waals surface area contributed by atoms with Crippen molar-refractivity contribution >= 4 is 95.5 Å². The maximum atomic E-state index is 13.6. The van der Waals surface area contributed by atoms with E-state index in [1.165, 1.54) is 0 Å². The summed E-state index contributed by atoms with van der Waals surface area (Å²) in [5.41, 5.74) is 0. The van der Waals surface area contributed by atoms with E-state index >= 15 is 0 Å². The fraction of sp³-hybridized carbons (Fsp3) is 0.742. The molecule has 0 aliphatic carbocycles. The van der Waals surface area contributed by atoms with E-state index in [0.29, 0.717) is 0 Å². The Balaban J connectivity index is 1.73. The Morgan fingerprint density at radius 3 is 0.558 bits per heavy atom. The first-order valence-electron chi connectivity index (χ1n) is 31.8. The van der Waals surface area contributed by atoms with Gasteiger partial charge in [-0.25, -0.2) is 0 Å². The van der Waals surface area contributed by atoms with Gasteiger partial charge < -0.3 is 124 Å². The molecular formula is C62H84O42. The lowest BCUT2D eigenvalue weighted by Crippen LogP contribution is -2.70. The van der Waals surface area contributed by atoms with E-state index in [-0.39, 0.29) is 0 Å². The van der Waals surface area contributed by atoms with Crippen LogP contribution in [-0.2, 0) is 195 Å². The first kappa shape index (κ1) is 85.8. The largest absolute Gasteiger partial charge is 0.463 e. The molecule has 42 nitrogen and oxygen atoms in total. The van der Waals surface area contributed by atoms with Crippen LogP contribution in [0.5, 0.6) is 0 Å². The van der Waals surface area contributed by atoms with E-state index in [4.69, 9.17) is 118 Å². The van der Waals surface area contributed by atoms with Crippen molar-refractivity contribution in [2.45, 2.75) is 264 Å². The number of hydrogen-bond acceptors (Lipinski definition) is 42. The minimum atomic E-state index is -2.33. The highest BCUT2D eigenvalue weighted by molar-refractivity contribution is 5.72. The molecule has 5 aliphatic rings. The molecule has 0 aromatic rings. The molecule has 1 N–H and O–H groups in total. The summed E-state index contributed by atoms with van der Waals surface area (Å²) in [4.78, 5) is 207. The van der Waals surface area contributed by atoms with Crippen molar-refractivity contribution in [1.82, 2.24) is 0 Å². The molecule has 0 radical (unpaired) electrons. The molecule has 25 atom stereocenters. The Morgan fingerprint density at radius 1 is 0.202 bits per heavy atom. The third-order valence-corrected chi connectivity index (χ3v) is 14.7. The third-order valence-electron chi connectivity index (χ3n) is 14.7. The van der Waals surface area contributed by atoms with Gasteiger partial charge in [0.1, 0.15) is 88.0 Å². The molecule has 0 spiro atoms. The van der Waals surface area contributed by atoms with Crippen molar-refractivity contribution in [3.8, 4) is 0 Å². The normalized spacial score (nSPS) is 33.0. The average molecular weight is 1500 g/mol. The number of carbonyl (C=O) groups is 16. The summed E-state index contributed by atoms with van der Waals surface area (Å²) in [7, 11) is 0. The predicted octanol–water partition coefficient (Wildman–Crippen LogP) is -2.79. The zero-order valence-corrected chi connectivity index (χ0v) is 59.2. The van der Waals surface area contributed by atoms with Gasteiger partial charge in [-0.2, -0.15) is 0 Å². The lowest BCUT2D eigenvalue weighted by molar-refractivity contribution is -0.393. The van der Waals surface area contributed by atoms with Gasteiger partial charge in [0, 0.05) is 111 Å². The molecule has 0 aromatic carbocycles. The SMILES string of the molecule is CC(=O)OC[C@H]1O[C@@H](O[C@H]2[C@H](OC(C)=O)[C@@H](OC(C)=O)[C@@H](O[C@H]3[C@H](OC(C)=O)[C@@H](OC(C)=O)[C@@H](O[C@H]4[C@H](OC(C)=O)[C@@H](OC(C)=O)[C@@H](O[C@H]5[C@H](OC(C)=O)[C@@H](OC(C)=O)C(O)O[C@@H]5COC(C)=O)O[C@@H]4COC(C)=O)O[C@@H]3COC(C)=O)O[C@@H]2COC(C)=O)[C@H](OC(C)=O)[C@@H](OC(C)=O)[C@H]1OC(C)=O. The Kier molecular flexibility index (Phi) is 32.4. The van der Waals surface area contributed by atoms with Crippen molar-refractivity contribution in [2.75, 3.05) is 33.0 Å². The zero-order chi connectivity index (χ0) is 77.9. The van der Waals surface area contributed by atoms with E-state index in [2.05, 4.69) is 0 Å². The van der Waals surface area contributed by atoms with Gasteiger partial charge in [0.05, 0.1) is 0 Å². The highest BCUT2D eigenvalue weighted by Gasteiger charge is 2.63. The zero-order valence-electron chi connectivity index (χ0n) is 59.2. The maximum absolute atomic E-state index is 13.6. The summed E-state index contributed by atoms with van der Waals surface area (Å²) in [6.45, 7) is 9.94. The number of carbonyl (C=O) groups excluding carboxylic acids is 16. The third kappa shape index (κ3) is 25.5. The van der Waals surface area contributed by atoms with Crippen LogP contribution in [0, 0.1) is 0 Å². The van der Waals surface area contributed by atoms with Gasteiger partial charge >= 0.3 is 95.5 Å². The summed E-state index contributed by atoms with van der Waals surface area (Å²) in [5.74, 6) is -17.5. The van der Waals surface area contributed by atoms with Crippen LogP contribution in [0.3, 0.4) is 0 Å². The van der Waals surface area contributed by atoms with E-state index in [1.54, 1.807) is 0 Å². The van der Waals surface area contributed by atoms with Crippen LogP contribution in [0.25, 0.3) is 0 Å². The first-order valence-corrected chi connectivity index (χ1v) is 31.8. The Hall–Kier alpha value is -8.88. The summed E-state index contributed by atoms with van der Waals surface area (Å²) in [6, 6.07) is 0. The fourth-order valence-electron chi connectivity index (χ4n) is 11.3. The Labute approximate surface area is 591 Å². The van der Waals surface area contributed by atoms with Crippen LogP contribution < -0.4 is 0 Å². The van der Waals surface area contributed by atoms with Crippen LogP contribution in [0.1, 0.15) is 111 Å². The number of rotatable bonds is 29. The number of esters is 16. The second-order valence-electron chi connectivity index (χ2n) is 23.5. The second kappa shape index (κ2) is 39.3. The molecule has 584 valence electrons. The van der Waals surface area contributed by atoms with Crippen molar-refractivity contribution in [2.24, 2.45) is 0 Å². The van der Waals surface area contributed by atoms with Gasteiger partial charge in [0.25, 0.3) is 0 Å². The molecule has 104 heavy (non-hydrogen) atoms. The molecule has 5 rings (SSSR count). The van der Waals surface area contributed by atoms with Crippen LogP contribution in [-0.4, -0.2) is 287 Å². The summed E-state index contributed by atoms with van der Waals surface area (Å²) >= 11 is 0. The van der Waals surface area contributed by atoms with E-state index in [1.807, 2.05) is 0 Å². The molecule has 0 bridgehead atoms. The minimum absolute atomic E-state index is 0.787. The number of aliphatic hydroxyl groups is 1. The molecule has 5 fully saturated rings. The van der Waals surface area contributed by atoms with Gasteiger partial charge in [-0.05, 0) is 0 Å². The number of aliphatic hydroxyl groups excluding tert-OH is 1. The molecule has 5 saturated heterocycles. The molecule has 42 heteroatoms. The van der Waals surface area contributed by atoms with Gasteiger partial charge in [0.15, 0.2) is 98.6 Å². The molecule has 5 heterocycles. The molecule has 5 aliphatic heterocycles. The van der Waals surface area contributed by atoms with Crippen molar-refractivity contribution in [1.29, 1.82) is 0 Å².